The number of rotatable bonds is 3. The number of likely N-dealkylation sites (N-methyl/N-ethyl adjacent to an activating group) is 1. The molecule has 4 fully saturated rings. The van der Waals surface area contributed by atoms with Gasteiger partial charge < -0.3 is 19.4 Å². The van der Waals surface area contributed by atoms with Crippen LogP contribution in [0.3, 0.4) is 0 Å². The molecule has 0 aromatic carbocycles. The van der Waals surface area contributed by atoms with E-state index in [1.54, 1.807) is 6.20 Å². The third-order valence-electron chi connectivity index (χ3n) is 7.73. The molecule has 29 heavy (non-hydrogen) atoms. The zero-order chi connectivity index (χ0) is 20.0. The molecule has 0 radical (unpaired) electrons. The fourth-order valence-electron chi connectivity index (χ4n) is 6.04. The molecule has 4 aliphatic rings. The van der Waals surface area contributed by atoms with Crippen LogP contribution in [0.25, 0.3) is 0 Å². The van der Waals surface area contributed by atoms with Crippen molar-refractivity contribution in [2.45, 2.75) is 31.7 Å². The van der Waals surface area contributed by atoms with Crippen molar-refractivity contribution in [3.05, 3.63) is 18.0 Å². The summed E-state index contributed by atoms with van der Waals surface area (Å²) < 4.78 is 5.59. The molecule has 5 heterocycles. The Morgan fingerprint density at radius 1 is 1.17 bits per heavy atom. The summed E-state index contributed by atoms with van der Waals surface area (Å²) in [6.45, 7) is 5.54. The van der Waals surface area contributed by atoms with Gasteiger partial charge in [0.05, 0.1) is 25.0 Å². The highest BCUT2D eigenvalue weighted by atomic mass is 16.5. The van der Waals surface area contributed by atoms with E-state index in [2.05, 4.69) is 27.0 Å². The maximum absolute atomic E-state index is 13.8. The second kappa shape index (κ2) is 7.40. The number of nitrogens with zero attached hydrogens (tertiary/aromatic N) is 4. The lowest BCUT2D eigenvalue weighted by Crippen LogP contribution is -2.66. The van der Waals surface area contributed by atoms with Crippen LogP contribution in [0.2, 0.25) is 0 Å². The van der Waals surface area contributed by atoms with Gasteiger partial charge in [-0.15, -0.1) is 0 Å². The summed E-state index contributed by atoms with van der Waals surface area (Å²) in [6.07, 6.45) is 4.76. The van der Waals surface area contributed by atoms with Gasteiger partial charge >= 0.3 is 0 Å². The fourth-order valence-corrected chi connectivity index (χ4v) is 6.04. The molecule has 1 aromatic rings. The first-order valence-electron chi connectivity index (χ1n) is 10.9. The predicted molar refractivity (Wildman–Crippen MR) is 106 cm³/mol. The van der Waals surface area contributed by atoms with Crippen molar-refractivity contribution in [3.8, 4) is 0 Å². The maximum Gasteiger partial charge on any atom is 0.230 e. The maximum atomic E-state index is 13.8. The molecule has 4 aliphatic heterocycles. The Hall–Kier alpha value is -1.93. The molecule has 8 nitrogen and oxygen atoms in total. The van der Waals surface area contributed by atoms with E-state index < -0.39 is 0 Å². The molecule has 1 N–H and O–H groups in total. The van der Waals surface area contributed by atoms with E-state index in [9.17, 15) is 9.59 Å². The summed E-state index contributed by atoms with van der Waals surface area (Å²) >= 11 is 0. The van der Waals surface area contributed by atoms with E-state index >= 15 is 0 Å². The number of carbonyl (C=O) groups excluding carboxylic acids is 2. The number of aromatic amines is 1. The van der Waals surface area contributed by atoms with Crippen molar-refractivity contribution in [1.82, 2.24) is 24.9 Å². The topological polar surface area (TPSA) is 81.8 Å². The Balaban J connectivity index is 1.32. The summed E-state index contributed by atoms with van der Waals surface area (Å²) in [6, 6.07) is 1.94. The van der Waals surface area contributed by atoms with E-state index in [0.29, 0.717) is 37.3 Å². The number of hydrogen-bond donors (Lipinski definition) is 1. The fraction of sp³-hybridized carbons (Fsp3) is 0.762. The van der Waals surface area contributed by atoms with Crippen LogP contribution >= 0.6 is 0 Å². The van der Waals surface area contributed by atoms with Crippen LogP contribution in [0, 0.1) is 17.3 Å². The highest BCUT2D eigenvalue weighted by molar-refractivity contribution is 5.85. The van der Waals surface area contributed by atoms with E-state index in [1.165, 1.54) is 0 Å². The van der Waals surface area contributed by atoms with Crippen molar-refractivity contribution in [1.29, 1.82) is 0 Å². The SMILES string of the molecule is CN1CCC[C@@]2(C(=O)N3C[C@H]4COC[C@H]4C3)CCN(C(=O)Cc3ccn[nH]3)C[C@H]12. The van der Waals surface area contributed by atoms with Crippen molar-refractivity contribution in [2.75, 3.05) is 53.0 Å². The highest BCUT2D eigenvalue weighted by Crippen LogP contribution is 2.45. The number of amides is 2. The molecule has 8 heteroatoms. The summed E-state index contributed by atoms with van der Waals surface area (Å²) in [7, 11) is 2.11. The molecule has 158 valence electrons. The van der Waals surface area contributed by atoms with Crippen LogP contribution in [-0.2, 0) is 20.7 Å². The number of aromatic nitrogens is 2. The Bertz CT molecular complexity index is 756. The average molecular weight is 402 g/mol. The van der Waals surface area contributed by atoms with E-state index in [0.717, 1.165) is 57.8 Å². The molecule has 1 aromatic heterocycles. The lowest BCUT2D eigenvalue weighted by atomic mass is 9.67. The number of H-pyrrole nitrogens is 1. The van der Waals surface area contributed by atoms with Gasteiger partial charge in [0.15, 0.2) is 0 Å². The third kappa shape index (κ3) is 3.26. The molecule has 0 spiro atoms. The van der Waals surface area contributed by atoms with Crippen molar-refractivity contribution < 1.29 is 14.3 Å². The lowest BCUT2D eigenvalue weighted by Gasteiger charge is -2.54. The van der Waals surface area contributed by atoms with Gasteiger partial charge in [-0.25, -0.2) is 0 Å². The van der Waals surface area contributed by atoms with Crippen LogP contribution in [0.1, 0.15) is 25.0 Å². The third-order valence-corrected chi connectivity index (χ3v) is 7.73. The highest BCUT2D eigenvalue weighted by Gasteiger charge is 2.55. The summed E-state index contributed by atoms with van der Waals surface area (Å²) in [4.78, 5) is 33.1. The van der Waals surface area contributed by atoms with Gasteiger partial charge in [0.25, 0.3) is 0 Å². The molecular weight excluding hydrogens is 370 g/mol. The second-order valence-corrected chi connectivity index (χ2v) is 9.37. The smallest absolute Gasteiger partial charge is 0.230 e. The number of likely N-dealkylation sites (tertiary alicyclic amines) is 3. The number of nitrogens with one attached hydrogen (secondary N) is 1. The zero-order valence-corrected chi connectivity index (χ0v) is 17.2. The zero-order valence-electron chi connectivity index (χ0n) is 17.2. The van der Waals surface area contributed by atoms with E-state index in [-0.39, 0.29) is 17.4 Å². The number of fused-ring (bicyclic) bond motifs is 2. The molecule has 0 saturated carbocycles. The second-order valence-electron chi connectivity index (χ2n) is 9.37. The Morgan fingerprint density at radius 2 is 1.97 bits per heavy atom. The minimum absolute atomic E-state index is 0.0971. The van der Waals surface area contributed by atoms with Crippen molar-refractivity contribution in [2.24, 2.45) is 17.3 Å². The minimum atomic E-state index is -0.350. The van der Waals surface area contributed by atoms with Crippen LogP contribution in [0.4, 0.5) is 0 Å². The molecule has 2 amide bonds. The normalized spacial score (nSPS) is 34.9. The standard InChI is InChI=1S/C21H31N5O3/c1-24-7-2-4-21(20(28)26-10-15-13-29-14-16(15)11-26)5-8-25(12-18(21)24)19(27)9-17-3-6-22-23-17/h3,6,15-16,18H,2,4-5,7-14H2,1H3,(H,22,23)/t15-,16+,18-,21+/m0/s1. The van der Waals surface area contributed by atoms with Gasteiger partial charge in [-0.3, -0.25) is 14.7 Å². The van der Waals surface area contributed by atoms with Crippen LogP contribution < -0.4 is 0 Å². The largest absolute Gasteiger partial charge is 0.381 e. The van der Waals surface area contributed by atoms with Crippen LogP contribution in [-0.4, -0.2) is 95.7 Å². The van der Waals surface area contributed by atoms with Gasteiger partial charge in [-0.05, 0) is 38.9 Å². The van der Waals surface area contributed by atoms with Gasteiger partial charge in [-0.1, -0.05) is 0 Å². The first-order chi connectivity index (χ1) is 14.1. The molecule has 4 saturated heterocycles. The number of piperidine rings is 2. The summed E-state index contributed by atoms with van der Waals surface area (Å²) in [5, 5.41) is 6.81. The molecule has 0 aliphatic carbocycles. The van der Waals surface area contributed by atoms with Gasteiger partial charge in [0, 0.05) is 55.9 Å². The van der Waals surface area contributed by atoms with Crippen LogP contribution in [0.15, 0.2) is 12.3 Å². The first kappa shape index (κ1) is 19.1. The molecule has 0 bridgehead atoms. The molecule has 4 atom stereocenters. The first-order valence-corrected chi connectivity index (χ1v) is 10.9. The lowest BCUT2D eigenvalue weighted by molar-refractivity contribution is -0.158. The average Bonchev–Trinajstić information content (AvgIpc) is 3.45. The Morgan fingerprint density at radius 3 is 2.69 bits per heavy atom. The van der Waals surface area contributed by atoms with Gasteiger partial charge in [-0.2, -0.15) is 5.10 Å². The van der Waals surface area contributed by atoms with E-state index in [4.69, 9.17) is 4.74 Å². The minimum Gasteiger partial charge on any atom is -0.381 e. The van der Waals surface area contributed by atoms with Crippen molar-refractivity contribution in [3.63, 3.8) is 0 Å². The van der Waals surface area contributed by atoms with Gasteiger partial charge in [0.1, 0.15) is 0 Å². The van der Waals surface area contributed by atoms with Crippen LogP contribution in [0.5, 0.6) is 0 Å². The summed E-state index contributed by atoms with van der Waals surface area (Å²) in [5.41, 5.74) is 0.489. The molecular formula is C21H31N5O3. The quantitative estimate of drug-likeness (QED) is 0.792. The Kier molecular flexibility index (Phi) is 4.86. The Labute approximate surface area is 171 Å². The molecule has 5 rings (SSSR count). The summed E-state index contributed by atoms with van der Waals surface area (Å²) in [5.74, 6) is 1.45. The monoisotopic (exact) mass is 401 g/mol. The van der Waals surface area contributed by atoms with E-state index in [1.807, 2.05) is 11.0 Å². The van der Waals surface area contributed by atoms with Gasteiger partial charge in [0.2, 0.25) is 11.8 Å². The number of ether oxygens (including phenoxy) is 1. The molecule has 0 unspecified atom stereocenters. The number of carbonyl (C=O) groups is 2. The van der Waals surface area contributed by atoms with Crippen molar-refractivity contribution >= 4 is 11.8 Å². The predicted octanol–water partition coefficient (Wildman–Crippen LogP) is 0.370. The number of hydrogen-bond acceptors (Lipinski definition) is 5.